The van der Waals surface area contributed by atoms with E-state index in [9.17, 15) is 0 Å². The van der Waals surface area contributed by atoms with Crippen molar-refractivity contribution in [1.82, 2.24) is 4.98 Å². The van der Waals surface area contributed by atoms with Crippen LogP contribution in [0.4, 0.5) is 17.2 Å². The van der Waals surface area contributed by atoms with Crippen molar-refractivity contribution in [2.45, 2.75) is 0 Å². The number of nitrogen functional groups attached to an aromatic ring is 1. The molecule has 0 aliphatic carbocycles. The zero-order chi connectivity index (χ0) is 12.3. The molecule has 1 aromatic carbocycles. The highest BCUT2D eigenvalue weighted by molar-refractivity contribution is 9.10. The van der Waals surface area contributed by atoms with Crippen LogP contribution in [0.3, 0.4) is 0 Å². The van der Waals surface area contributed by atoms with Crippen LogP contribution in [0.1, 0.15) is 0 Å². The minimum absolute atomic E-state index is 0.597. The van der Waals surface area contributed by atoms with E-state index in [2.05, 4.69) is 31.7 Å². The SMILES string of the molecule is NNc1cc(Nc2ccc(Cl)cc2Br)ccn1. The lowest BCUT2D eigenvalue weighted by Gasteiger charge is -2.09. The largest absolute Gasteiger partial charge is 0.354 e. The lowest BCUT2D eigenvalue weighted by atomic mass is 10.3. The van der Waals surface area contributed by atoms with Crippen LogP contribution in [0.5, 0.6) is 0 Å². The van der Waals surface area contributed by atoms with E-state index in [1.807, 2.05) is 24.3 Å². The number of halogens is 2. The molecule has 0 bridgehead atoms. The molecule has 0 fully saturated rings. The zero-order valence-electron chi connectivity index (χ0n) is 8.74. The molecule has 0 spiro atoms. The number of nitrogens with two attached hydrogens (primary N) is 1. The molecule has 17 heavy (non-hydrogen) atoms. The fourth-order valence-electron chi connectivity index (χ4n) is 1.33. The number of aromatic nitrogens is 1. The highest BCUT2D eigenvalue weighted by Gasteiger charge is 2.02. The third-order valence-corrected chi connectivity index (χ3v) is 3.01. The van der Waals surface area contributed by atoms with Gasteiger partial charge in [0.05, 0.1) is 5.69 Å². The third-order valence-electron chi connectivity index (χ3n) is 2.12. The number of pyridine rings is 1. The van der Waals surface area contributed by atoms with Crippen LogP contribution in [0.2, 0.25) is 5.02 Å². The summed E-state index contributed by atoms with van der Waals surface area (Å²) in [7, 11) is 0. The monoisotopic (exact) mass is 312 g/mol. The molecule has 0 amide bonds. The molecule has 0 atom stereocenters. The molecule has 6 heteroatoms. The van der Waals surface area contributed by atoms with Gasteiger partial charge in [-0.15, -0.1) is 0 Å². The molecule has 0 radical (unpaired) electrons. The first-order valence-electron chi connectivity index (χ1n) is 4.84. The van der Waals surface area contributed by atoms with E-state index in [-0.39, 0.29) is 0 Å². The summed E-state index contributed by atoms with van der Waals surface area (Å²) < 4.78 is 0.893. The van der Waals surface area contributed by atoms with Crippen LogP contribution in [0.25, 0.3) is 0 Å². The Morgan fingerprint density at radius 1 is 1.24 bits per heavy atom. The van der Waals surface area contributed by atoms with Gasteiger partial charge in [-0.25, -0.2) is 10.8 Å². The highest BCUT2D eigenvalue weighted by Crippen LogP contribution is 2.28. The fraction of sp³-hybridized carbons (Fsp3) is 0. The summed E-state index contributed by atoms with van der Waals surface area (Å²) in [6, 6.07) is 9.19. The van der Waals surface area contributed by atoms with Gasteiger partial charge in [-0.05, 0) is 40.2 Å². The minimum atomic E-state index is 0.597. The molecule has 1 heterocycles. The molecule has 0 saturated carbocycles. The van der Waals surface area contributed by atoms with Crippen LogP contribution in [0.15, 0.2) is 41.0 Å². The van der Waals surface area contributed by atoms with Gasteiger partial charge >= 0.3 is 0 Å². The predicted octanol–water partition coefficient (Wildman–Crippen LogP) is 3.53. The van der Waals surface area contributed by atoms with E-state index in [0.29, 0.717) is 10.8 Å². The van der Waals surface area contributed by atoms with Crippen LogP contribution < -0.4 is 16.6 Å². The van der Waals surface area contributed by atoms with Gasteiger partial charge in [0.2, 0.25) is 0 Å². The highest BCUT2D eigenvalue weighted by atomic mass is 79.9. The standard InChI is InChI=1S/C11H10BrClN4/c12-9-5-7(13)1-2-10(9)16-8-3-4-15-11(6-8)17-14/h1-6H,14H2,(H2,15,16,17). The summed E-state index contributed by atoms with van der Waals surface area (Å²) in [4.78, 5) is 4.03. The predicted molar refractivity (Wildman–Crippen MR) is 74.5 cm³/mol. The van der Waals surface area contributed by atoms with Gasteiger partial charge in [-0.1, -0.05) is 11.6 Å². The first kappa shape index (κ1) is 12.2. The van der Waals surface area contributed by atoms with E-state index in [0.717, 1.165) is 15.8 Å². The molecule has 2 aromatic rings. The van der Waals surface area contributed by atoms with Gasteiger partial charge in [-0.2, -0.15) is 0 Å². The Kier molecular flexibility index (Phi) is 3.83. The molecule has 1 aromatic heterocycles. The average molecular weight is 314 g/mol. The smallest absolute Gasteiger partial charge is 0.141 e. The number of rotatable bonds is 3. The van der Waals surface area contributed by atoms with Crippen LogP contribution in [-0.2, 0) is 0 Å². The van der Waals surface area contributed by atoms with Crippen LogP contribution >= 0.6 is 27.5 Å². The summed E-state index contributed by atoms with van der Waals surface area (Å²) in [5, 5.41) is 3.91. The Hall–Kier alpha value is -1.30. The van der Waals surface area contributed by atoms with Crippen LogP contribution in [0, 0.1) is 0 Å². The summed E-state index contributed by atoms with van der Waals surface area (Å²) in [5.41, 5.74) is 4.30. The molecule has 2 rings (SSSR count). The summed E-state index contributed by atoms with van der Waals surface area (Å²) in [6.45, 7) is 0. The summed E-state index contributed by atoms with van der Waals surface area (Å²) in [6.07, 6.45) is 1.67. The molecular weight excluding hydrogens is 304 g/mol. The first-order chi connectivity index (χ1) is 8.19. The number of nitrogens with one attached hydrogen (secondary N) is 2. The second-order valence-corrected chi connectivity index (χ2v) is 4.61. The Balaban J connectivity index is 2.25. The number of hydrazine groups is 1. The molecule has 0 saturated heterocycles. The molecule has 88 valence electrons. The maximum Gasteiger partial charge on any atom is 0.141 e. The number of hydrogen-bond donors (Lipinski definition) is 3. The summed E-state index contributed by atoms with van der Waals surface area (Å²) in [5.74, 6) is 5.89. The number of anilines is 3. The lowest BCUT2D eigenvalue weighted by Crippen LogP contribution is -2.08. The maximum absolute atomic E-state index is 5.87. The molecule has 4 N–H and O–H groups in total. The van der Waals surface area contributed by atoms with Gasteiger partial charge in [0.1, 0.15) is 5.82 Å². The van der Waals surface area contributed by atoms with Crippen molar-refractivity contribution < 1.29 is 0 Å². The topological polar surface area (TPSA) is 63.0 Å². The molecule has 0 aliphatic rings. The van der Waals surface area contributed by atoms with E-state index >= 15 is 0 Å². The van der Waals surface area contributed by atoms with Gasteiger partial charge in [0.25, 0.3) is 0 Å². The first-order valence-corrected chi connectivity index (χ1v) is 6.01. The summed E-state index contributed by atoms with van der Waals surface area (Å²) >= 11 is 9.31. The average Bonchev–Trinajstić information content (AvgIpc) is 2.33. The molecular formula is C11H10BrClN4. The van der Waals surface area contributed by atoms with Gasteiger partial charge in [-0.3, -0.25) is 0 Å². The lowest BCUT2D eigenvalue weighted by molar-refractivity contribution is 1.23. The van der Waals surface area contributed by atoms with Crippen molar-refractivity contribution in [3.63, 3.8) is 0 Å². The minimum Gasteiger partial charge on any atom is -0.354 e. The van der Waals surface area contributed by atoms with Crippen molar-refractivity contribution in [3.8, 4) is 0 Å². The van der Waals surface area contributed by atoms with Crippen molar-refractivity contribution in [3.05, 3.63) is 46.0 Å². The van der Waals surface area contributed by atoms with Crippen LogP contribution in [-0.4, -0.2) is 4.98 Å². The van der Waals surface area contributed by atoms with Crippen molar-refractivity contribution in [2.24, 2.45) is 5.84 Å². The van der Waals surface area contributed by atoms with E-state index in [1.165, 1.54) is 0 Å². The third kappa shape index (κ3) is 3.09. The Morgan fingerprint density at radius 2 is 2.06 bits per heavy atom. The van der Waals surface area contributed by atoms with E-state index in [4.69, 9.17) is 17.4 Å². The number of hydrogen-bond acceptors (Lipinski definition) is 4. The molecule has 0 unspecified atom stereocenters. The second-order valence-electron chi connectivity index (χ2n) is 3.32. The second kappa shape index (κ2) is 5.35. The van der Waals surface area contributed by atoms with Gasteiger partial charge in [0, 0.05) is 27.4 Å². The maximum atomic E-state index is 5.87. The normalized spacial score (nSPS) is 10.1. The Labute approximate surface area is 112 Å². The van der Waals surface area contributed by atoms with Gasteiger partial charge < -0.3 is 10.7 Å². The quantitative estimate of drug-likeness (QED) is 0.599. The van der Waals surface area contributed by atoms with E-state index in [1.54, 1.807) is 12.3 Å². The number of nitrogens with zero attached hydrogens (tertiary/aromatic N) is 1. The Bertz CT molecular complexity index is 533. The van der Waals surface area contributed by atoms with E-state index < -0.39 is 0 Å². The zero-order valence-corrected chi connectivity index (χ0v) is 11.1. The molecule has 0 aliphatic heterocycles. The molecule has 4 nitrogen and oxygen atoms in total. The van der Waals surface area contributed by atoms with Crippen molar-refractivity contribution in [1.29, 1.82) is 0 Å². The fourth-order valence-corrected chi connectivity index (χ4v) is 2.12. The van der Waals surface area contributed by atoms with Crippen molar-refractivity contribution in [2.75, 3.05) is 10.7 Å². The number of benzene rings is 1. The Morgan fingerprint density at radius 3 is 2.76 bits per heavy atom. The van der Waals surface area contributed by atoms with Gasteiger partial charge in [0.15, 0.2) is 0 Å². The van der Waals surface area contributed by atoms with Crippen molar-refractivity contribution >= 4 is 44.7 Å².